The van der Waals surface area contributed by atoms with Crippen LogP contribution in [0.4, 0.5) is 0 Å². The van der Waals surface area contributed by atoms with Gasteiger partial charge in [-0.2, -0.15) is 9.97 Å². The number of benzene rings is 1. The molecule has 0 fully saturated rings. The van der Waals surface area contributed by atoms with Crippen LogP contribution in [0.5, 0.6) is 6.01 Å². The summed E-state index contributed by atoms with van der Waals surface area (Å²) in [6.07, 6.45) is 0. The first-order valence-electron chi connectivity index (χ1n) is 7.03. The first-order valence-corrected chi connectivity index (χ1v) is 7.03. The lowest BCUT2D eigenvalue weighted by molar-refractivity contribution is 0.00686. The van der Waals surface area contributed by atoms with Crippen LogP contribution in [0.1, 0.15) is 36.8 Å². The molecule has 1 aromatic heterocycles. The molecule has 5 nitrogen and oxygen atoms in total. The van der Waals surface area contributed by atoms with Gasteiger partial charge >= 0.3 is 12.0 Å². The molecule has 0 saturated carbocycles. The van der Waals surface area contributed by atoms with Crippen LogP contribution in [0.3, 0.4) is 0 Å². The fourth-order valence-corrected chi connectivity index (χ4v) is 2.02. The standard InChI is InChI=1S/C17H20N2O3/c1-11-13(15(20)22-17(2,3)4)14(19-16(18-11)21-5)12-9-7-6-8-10-12/h6-10H,1-5H3. The van der Waals surface area contributed by atoms with Crippen LogP contribution in [0, 0.1) is 6.92 Å². The number of aromatic nitrogens is 2. The molecule has 116 valence electrons. The van der Waals surface area contributed by atoms with Gasteiger partial charge in [-0.15, -0.1) is 0 Å². The highest BCUT2D eigenvalue weighted by Gasteiger charge is 2.25. The molecular formula is C17H20N2O3. The van der Waals surface area contributed by atoms with Crippen molar-refractivity contribution in [2.75, 3.05) is 7.11 Å². The Morgan fingerprint density at radius 1 is 1.09 bits per heavy atom. The lowest BCUT2D eigenvalue weighted by atomic mass is 10.0. The van der Waals surface area contributed by atoms with Gasteiger partial charge in [0.2, 0.25) is 0 Å². The Morgan fingerprint density at radius 2 is 1.73 bits per heavy atom. The third kappa shape index (κ3) is 3.61. The number of rotatable bonds is 3. The zero-order valence-electron chi connectivity index (χ0n) is 13.5. The number of hydrogen-bond acceptors (Lipinski definition) is 5. The van der Waals surface area contributed by atoms with E-state index in [-0.39, 0.29) is 6.01 Å². The summed E-state index contributed by atoms with van der Waals surface area (Å²) in [4.78, 5) is 21.1. The first kappa shape index (κ1) is 15.9. The Morgan fingerprint density at radius 3 is 2.27 bits per heavy atom. The molecule has 2 aromatic rings. The van der Waals surface area contributed by atoms with Crippen molar-refractivity contribution in [3.63, 3.8) is 0 Å². The van der Waals surface area contributed by atoms with Gasteiger partial charge in [0.15, 0.2) is 0 Å². The van der Waals surface area contributed by atoms with Gasteiger partial charge in [0.25, 0.3) is 0 Å². The lowest BCUT2D eigenvalue weighted by Gasteiger charge is -2.21. The second-order valence-corrected chi connectivity index (χ2v) is 5.89. The molecule has 0 aliphatic carbocycles. The molecule has 0 saturated heterocycles. The van der Waals surface area contributed by atoms with Gasteiger partial charge in [0.1, 0.15) is 11.2 Å². The number of aryl methyl sites for hydroxylation is 1. The molecule has 0 amide bonds. The van der Waals surface area contributed by atoms with E-state index in [1.807, 2.05) is 51.1 Å². The zero-order chi connectivity index (χ0) is 16.3. The van der Waals surface area contributed by atoms with E-state index in [0.717, 1.165) is 5.56 Å². The Bertz CT molecular complexity index is 676. The number of carbonyl (C=O) groups is 1. The molecule has 0 spiro atoms. The van der Waals surface area contributed by atoms with E-state index in [0.29, 0.717) is 17.0 Å². The summed E-state index contributed by atoms with van der Waals surface area (Å²) < 4.78 is 10.6. The number of nitrogens with zero attached hydrogens (tertiary/aromatic N) is 2. The first-order chi connectivity index (χ1) is 10.3. The molecule has 0 unspecified atom stereocenters. The van der Waals surface area contributed by atoms with Gasteiger partial charge in [-0.1, -0.05) is 30.3 Å². The smallest absolute Gasteiger partial charge is 0.342 e. The van der Waals surface area contributed by atoms with Crippen LogP contribution in [-0.4, -0.2) is 28.6 Å². The maximum atomic E-state index is 12.5. The van der Waals surface area contributed by atoms with Crippen molar-refractivity contribution in [3.8, 4) is 17.3 Å². The molecule has 1 aromatic carbocycles. The van der Waals surface area contributed by atoms with E-state index in [9.17, 15) is 4.79 Å². The molecule has 2 rings (SSSR count). The van der Waals surface area contributed by atoms with Crippen LogP contribution in [0.25, 0.3) is 11.3 Å². The van der Waals surface area contributed by atoms with E-state index >= 15 is 0 Å². The third-order valence-electron chi connectivity index (χ3n) is 2.90. The molecule has 0 radical (unpaired) electrons. The molecule has 1 heterocycles. The fraction of sp³-hybridized carbons (Fsp3) is 0.353. The summed E-state index contributed by atoms with van der Waals surface area (Å²) >= 11 is 0. The minimum atomic E-state index is -0.586. The number of ether oxygens (including phenoxy) is 2. The monoisotopic (exact) mass is 300 g/mol. The highest BCUT2D eigenvalue weighted by molar-refractivity contribution is 5.97. The van der Waals surface area contributed by atoms with Crippen LogP contribution >= 0.6 is 0 Å². The SMILES string of the molecule is COc1nc(C)c(C(=O)OC(C)(C)C)c(-c2ccccc2)n1. The van der Waals surface area contributed by atoms with Crippen molar-refractivity contribution < 1.29 is 14.3 Å². The number of carbonyl (C=O) groups excluding carboxylic acids is 1. The molecule has 0 atom stereocenters. The van der Waals surface area contributed by atoms with Gasteiger partial charge in [0, 0.05) is 5.56 Å². The predicted octanol–water partition coefficient (Wildman–Crippen LogP) is 3.42. The van der Waals surface area contributed by atoms with E-state index < -0.39 is 11.6 Å². The quantitative estimate of drug-likeness (QED) is 0.813. The van der Waals surface area contributed by atoms with E-state index in [4.69, 9.17) is 9.47 Å². The normalized spacial score (nSPS) is 11.1. The summed E-state index contributed by atoms with van der Waals surface area (Å²) in [6, 6.07) is 9.67. The Hall–Kier alpha value is -2.43. The van der Waals surface area contributed by atoms with Crippen molar-refractivity contribution in [1.29, 1.82) is 0 Å². The maximum absolute atomic E-state index is 12.5. The molecule has 0 aliphatic rings. The molecule has 0 aliphatic heterocycles. The van der Waals surface area contributed by atoms with Crippen molar-refractivity contribution >= 4 is 5.97 Å². The summed E-state index contributed by atoms with van der Waals surface area (Å²) in [6.45, 7) is 7.22. The van der Waals surface area contributed by atoms with Crippen molar-refractivity contribution in [2.24, 2.45) is 0 Å². The number of esters is 1. The van der Waals surface area contributed by atoms with E-state index in [1.54, 1.807) is 6.92 Å². The van der Waals surface area contributed by atoms with Gasteiger partial charge in [-0.3, -0.25) is 0 Å². The van der Waals surface area contributed by atoms with Crippen molar-refractivity contribution in [2.45, 2.75) is 33.3 Å². The molecule has 0 bridgehead atoms. The third-order valence-corrected chi connectivity index (χ3v) is 2.90. The van der Waals surface area contributed by atoms with Gasteiger partial charge in [-0.25, -0.2) is 4.79 Å². The summed E-state index contributed by atoms with van der Waals surface area (Å²) in [7, 11) is 1.50. The number of methoxy groups -OCH3 is 1. The number of hydrogen-bond donors (Lipinski definition) is 0. The summed E-state index contributed by atoms with van der Waals surface area (Å²) in [5.74, 6) is -0.438. The van der Waals surface area contributed by atoms with Crippen LogP contribution < -0.4 is 4.74 Å². The Kier molecular flexibility index (Phi) is 4.45. The van der Waals surface area contributed by atoms with Crippen LogP contribution in [0.2, 0.25) is 0 Å². The van der Waals surface area contributed by atoms with Gasteiger partial charge < -0.3 is 9.47 Å². The minimum Gasteiger partial charge on any atom is -0.467 e. The summed E-state index contributed by atoms with van der Waals surface area (Å²) in [5, 5.41) is 0. The highest BCUT2D eigenvalue weighted by atomic mass is 16.6. The largest absolute Gasteiger partial charge is 0.467 e. The van der Waals surface area contributed by atoms with Gasteiger partial charge in [0.05, 0.1) is 18.5 Å². The zero-order valence-corrected chi connectivity index (χ0v) is 13.5. The van der Waals surface area contributed by atoms with E-state index in [2.05, 4.69) is 9.97 Å². The molecule has 5 heteroatoms. The average molecular weight is 300 g/mol. The molecule has 22 heavy (non-hydrogen) atoms. The second-order valence-electron chi connectivity index (χ2n) is 5.89. The van der Waals surface area contributed by atoms with Crippen LogP contribution in [0.15, 0.2) is 30.3 Å². The molecule has 0 N–H and O–H groups in total. The summed E-state index contributed by atoms with van der Waals surface area (Å²) in [5.41, 5.74) is 1.63. The van der Waals surface area contributed by atoms with Crippen LogP contribution in [-0.2, 0) is 4.74 Å². The predicted molar refractivity (Wildman–Crippen MR) is 83.9 cm³/mol. The fourth-order valence-electron chi connectivity index (χ4n) is 2.02. The van der Waals surface area contributed by atoms with E-state index in [1.165, 1.54) is 7.11 Å². The Balaban J connectivity index is 2.59. The molecular weight excluding hydrogens is 280 g/mol. The van der Waals surface area contributed by atoms with Crippen molar-refractivity contribution in [1.82, 2.24) is 9.97 Å². The van der Waals surface area contributed by atoms with Crippen molar-refractivity contribution in [3.05, 3.63) is 41.6 Å². The second kappa shape index (κ2) is 6.13. The maximum Gasteiger partial charge on any atom is 0.342 e. The lowest BCUT2D eigenvalue weighted by Crippen LogP contribution is -2.25. The highest BCUT2D eigenvalue weighted by Crippen LogP contribution is 2.27. The topological polar surface area (TPSA) is 61.3 Å². The minimum absolute atomic E-state index is 0.226. The average Bonchev–Trinajstić information content (AvgIpc) is 2.45. The van der Waals surface area contributed by atoms with Gasteiger partial charge in [-0.05, 0) is 27.7 Å². The Labute approximate surface area is 130 Å².